The van der Waals surface area contributed by atoms with Crippen molar-refractivity contribution < 1.29 is 9.53 Å². The molecule has 4 nitrogen and oxygen atoms in total. The van der Waals surface area contributed by atoms with Crippen LogP contribution in [0.5, 0.6) is 0 Å². The predicted octanol–water partition coefficient (Wildman–Crippen LogP) is 5.27. The van der Waals surface area contributed by atoms with Gasteiger partial charge in [-0.05, 0) is 46.1 Å². The quantitative estimate of drug-likeness (QED) is 0.405. The van der Waals surface area contributed by atoms with Gasteiger partial charge in [-0.1, -0.05) is 56.7 Å². The highest BCUT2D eigenvalue weighted by molar-refractivity contribution is 5.70. The maximum absolute atomic E-state index is 11.9. The van der Waals surface area contributed by atoms with E-state index in [2.05, 4.69) is 23.8 Å². The lowest BCUT2D eigenvalue weighted by Gasteiger charge is -2.26. The molecule has 2 N–H and O–H groups in total. The lowest BCUT2D eigenvalue weighted by Crippen LogP contribution is -2.32. The second kappa shape index (κ2) is 12.2. The van der Waals surface area contributed by atoms with E-state index in [4.69, 9.17) is 4.74 Å². The third-order valence-electron chi connectivity index (χ3n) is 4.12. The van der Waals surface area contributed by atoms with Gasteiger partial charge in [0.1, 0.15) is 5.60 Å². The van der Waals surface area contributed by atoms with Gasteiger partial charge in [0.25, 0.3) is 0 Å². The molecule has 0 spiro atoms. The topological polar surface area (TPSA) is 50.4 Å². The summed E-state index contributed by atoms with van der Waals surface area (Å²) in [6.07, 6.45) is 18.4. The first-order chi connectivity index (χ1) is 12.8. The zero-order valence-electron chi connectivity index (χ0n) is 17.2. The van der Waals surface area contributed by atoms with E-state index in [0.717, 1.165) is 11.4 Å². The zero-order valence-corrected chi connectivity index (χ0v) is 17.2. The molecule has 0 saturated heterocycles. The number of carbonyl (C=O) groups is 1. The lowest BCUT2D eigenvalue weighted by molar-refractivity contribution is -0.154. The first-order valence-corrected chi connectivity index (χ1v) is 9.90. The third-order valence-corrected chi connectivity index (χ3v) is 4.12. The molecule has 4 heteroatoms. The van der Waals surface area contributed by atoms with Crippen molar-refractivity contribution in [3.8, 4) is 0 Å². The molecule has 27 heavy (non-hydrogen) atoms. The smallest absolute Gasteiger partial charge is 0.306 e. The summed E-state index contributed by atoms with van der Waals surface area (Å²) < 4.78 is 5.38. The van der Waals surface area contributed by atoms with Crippen molar-refractivity contribution in [3.05, 3.63) is 61.1 Å². The molecule has 0 unspecified atom stereocenters. The van der Waals surface area contributed by atoms with Crippen molar-refractivity contribution in [2.75, 3.05) is 0 Å². The average molecular weight is 373 g/mol. The lowest BCUT2D eigenvalue weighted by atomic mass is 9.95. The predicted molar refractivity (Wildman–Crippen MR) is 114 cm³/mol. The van der Waals surface area contributed by atoms with Crippen LogP contribution in [0, 0.1) is 0 Å². The van der Waals surface area contributed by atoms with Gasteiger partial charge in [-0.2, -0.15) is 0 Å². The van der Waals surface area contributed by atoms with Crippen LogP contribution in [-0.4, -0.2) is 17.6 Å². The fourth-order valence-electron chi connectivity index (χ4n) is 2.89. The minimum Gasteiger partial charge on any atom is -0.460 e. The molecule has 1 rings (SSSR count). The van der Waals surface area contributed by atoms with Gasteiger partial charge < -0.3 is 15.4 Å². The molecule has 0 aromatic rings. The highest BCUT2D eigenvalue weighted by atomic mass is 16.6. The highest BCUT2D eigenvalue weighted by Crippen LogP contribution is 2.20. The third kappa shape index (κ3) is 11.2. The Morgan fingerprint density at radius 1 is 1.15 bits per heavy atom. The van der Waals surface area contributed by atoms with Crippen LogP contribution in [0.25, 0.3) is 0 Å². The highest BCUT2D eigenvalue weighted by Gasteiger charge is 2.17. The fourth-order valence-corrected chi connectivity index (χ4v) is 2.89. The van der Waals surface area contributed by atoms with Crippen LogP contribution >= 0.6 is 0 Å². The van der Waals surface area contributed by atoms with Crippen LogP contribution in [0.3, 0.4) is 0 Å². The molecule has 150 valence electrons. The van der Waals surface area contributed by atoms with E-state index in [1.165, 1.54) is 32.1 Å². The number of carbonyl (C=O) groups excluding carboxylic acids is 1. The van der Waals surface area contributed by atoms with Gasteiger partial charge in [-0.3, -0.25) is 4.79 Å². The van der Waals surface area contributed by atoms with Crippen LogP contribution < -0.4 is 10.6 Å². The summed E-state index contributed by atoms with van der Waals surface area (Å²) in [6, 6.07) is 0.467. The molecule has 0 amide bonds. The fraction of sp³-hybridized carbons (Fsp3) is 0.522. The molecule has 0 atom stereocenters. The molecule has 0 aromatic carbocycles. The number of nitrogens with one attached hydrogen (secondary N) is 2. The Balaban J connectivity index is 2.66. The zero-order chi connectivity index (χ0) is 20.1. The van der Waals surface area contributed by atoms with Crippen molar-refractivity contribution in [2.24, 2.45) is 0 Å². The minimum atomic E-state index is -0.446. The standard InChI is InChI=1S/C23H36N2O2/c1-6-7-8-12-18-24-19(2)21(25-20-14-10-9-11-15-20)16-13-17-22(26)27-23(3,4)5/h6-8,12,16,18,20,24-25H,1-2,9-11,13-15,17H2,3-5H3/b8-7-,18-12+,21-16+. The SMILES string of the molecule is C=C/C=C\C=C\NC(=C)/C(=C\CCC(=O)OC(C)(C)C)NC1CCCCC1. The molecule has 1 saturated carbocycles. The van der Waals surface area contributed by atoms with Crippen LogP contribution in [-0.2, 0) is 9.53 Å². The van der Waals surface area contributed by atoms with Gasteiger partial charge >= 0.3 is 5.97 Å². The number of rotatable bonds is 10. The molecular weight excluding hydrogens is 336 g/mol. The average Bonchev–Trinajstić information content (AvgIpc) is 2.60. The van der Waals surface area contributed by atoms with Gasteiger partial charge in [0.15, 0.2) is 0 Å². The molecule has 1 aliphatic rings. The second-order valence-corrected chi connectivity index (χ2v) is 7.82. The van der Waals surface area contributed by atoms with Gasteiger partial charge in [-0.15, -0.1) is 0 Å². The largest absolute Gasteiger partial charge is 0.460 e. The molecule has 1 fully saturated rings. The second-order valence-electron chi connectivity index (χ2n) is 7.82. The van der Waals surface area contributed by atoms with Crippen LogP contribution in [0.15, 0.2) is 61.1 Å². The van der Waals surface area contributed by atoms with Crippen LogP contribution in [0.1, 0.15) is 65.7 Å². The first kappa shape index (κ1) is 22.8. The number of hydrogen-bond donors (Lipinski definition) is 2. The molecular formula is C23H36N2O2. The van der Waals surface area contributed by atoms with E-state index in [9.17, 15) is 4.79 Å². The van der Waals surface area contributed by atoms with Crippen LogP contribution in [0.4, 0.5) is 0 Å². The molecule has 0 aliphatic heterocycles. The van der Waals surface area contributed by atoms with E-state index in [-0.39, 0.29) is 5.97 Å². The van der Waals surface area contributed by atoms with E-state index in [1.807, 2.05) is 51.3 Å². The van der Waals surface area contributed by atoms with Gasteiger partial charge in [0, 0.05) is 18.7 Å². The Hall–Kier alpha value is -2.23. The van der Waals surface area contributed by atoms with E-state index >= 15 is 0 Å². The van der Waals surface area contributed by atoms with E-state index < -0.39 is 5.60 Å². The van der Waals surface area contributed by atoms with E-state index in [0.29, 0.717) is 18.9 Å². The number of ether oxygens (including phenoxy) is 1. The monoisotopic (exact) mass is 372 g/mol. The van der Waals surface area contributed by atoms with Gasteiger partial charge in [0.05, 0.1) is 11.4 Å². The Labute approximate surface area is 165 Å². The maximum atomic E-state index is 11.9. The van der Waals surface area contributed by atoms with Crippen LogP contribution in [0.2, 0.25) is 0 Å². The number of allylic oxidation sites excluding steroid dienone is 5. The Morgan fingerprint density at radius 3 is 2.48 bits per heavy atom. The van der Waals surface area contributed by atoms with Crippen molar-refractivity contribution in [3.63, 3.8) is 0 Å². The van der Waals surface area contributed by atoms with Gasteiger partial charge in [-0.25, -0.2) is 0 Å². The molecule has 0 aromatic heterocycles. The summed E-state index contributed by atoms with van der Waals surface area (Å²) in [5.74, 6) is -0.177. The maximum Gasteiger partial charge on any atom is 0.306 e. The van der Waals surface area contributed by atoms with Crippen molar-refractivity contribution in [1.82, 2.24) is 10.6 Å². The normalized spacial score (nSPS) is 16.5. The molecule has 0 heterocycles. The Bertz CT molecular complexity index is 574. The summed E-state index contributed by atoms with van der Waals surface area (Å²) in [7, 11) is 0. The summed E-state index contributed by atoms with van der Waals surface area (Å²) in [5, 5.41) is 6.81. The summed E-state index contributed by atoms with van der Waals surface area (Å²) in [5.41, 5.74) is 1.31. The minimum absolute atomic E-state index is 0.177. The number of hydrogen-bond acceptors (Lipinski definition) is 4. The van der Waals surface area contributed by atoms with Gasteiger partial charge in [0.2, 0.25) is 0 Å². The van der Waals surface area contributed by atoms with E-state index in [1.54, 1.807) is 6.08 Å². The Morgan fingerprint density at radius 2 is 1.85 bits per heavy atom. The summed E-state index contributed by atoms with van der Waals surface area (Å²) in [6.45, 7) is 13.4. The van der Waals surface area contributed by atoms with Crippen molar-refractivity contribution >= 4 is 5.97 Å². The van der Waals surface area contributed by atoms with Crippen molar-refractivity contribution in [1.29, 1.82) is 0 Å². The Kier molecular flexibility index (Phi) is 10.3. The molecule has 0 bridgehead atoms. The molecule has 1 aliphatic carbocycles. The summed E-state index contributed by atoms with van der Waals surface area (Å²) >= 11 is 0. The van der Waals surface area contributed by atoms with Crippen molar-refractivity contribution in [2.45, 2.75) is 77.4 Å². The number of esters is 1. The first-order valence-electron chi connectivity index (χ1n) is 9.90. The molecule has 0 radical (unpaired) electrons. The summed E-state index contributed by atoms with van der Waals surface area (Å²) in [4.78, 5) is 11.9.